The monoisotopic (exact) mass is 434 g/mol. The van der Waals surface area contributed by atoms with Gasteiger partial charge in [0.15, 0.2) is 0 Å². The fourth-order valence-electron chi connectivity index (χ4n) is 4.78. The number of ether oxygens (including phenoxy) is 1. The Bertz CT molecular complexity index is 1190. The third-order valence-electron chi connectivity index (χ3n) is 6.67. The summed E-state index contributed by atoms with van der Waals surface area (Å²) in [5.74, 6) is 1.45. The molecular weight excluding hydrogens is 408 g/mol. The first-order valence-electron chi connectivity index (χ1n) is 11.3. The number of aryl methyl sites for hydroxylation is 2. The van der Waals surface area contributed by atoms with Crippen LogP contribution in [0.2, 0.25) is 0 Å². The molecule has 1 aromatic heterocycles. The van der Waals surface area contributed by atoms with E-state index < -0.39 is 10.9 Å². The van der Waals surface area contributed by atoms with E-state index in [1.165, 1.54) is 11.6 Å². The number of benzene rings is 2. The number of carbonyl (C=O) groups excluding carboxylic acids is 1. The quantitative estimate of drug-likeness (QED) is 0.227. The van der Waals surface area contributed by atoms with E-state index in [1.54, 1.807) is 18.2 Å². The zero-order valence-electron chi connectivity index (χ0n) is 18.1. The molecule has 0 saturated carbocycles. The minimum absolute atomic E-state index is 0.0617. The van der Waals surface area contributed by atoms with Crippen LogP contribution in [0.1, 0.15) is 54.3 Å². The van der Waals surface area contributed by atoms with Crippen LogP contribution in [-0.2, 0) is 12.8 Å². The number of furan rings is 1. The fourth-order valence-corrected chi connectivity index (χ4v) is 4.78. The minimum Gasteiger partial charge on any atom is -0.461 e. The fraction of sp³-hybridized carbons (Fsp3) is 0.400. The third kappa shape index (κ3) is 3.83. The van der Waals surface area contributed by atoms with Gasteiger partial charge >= 0.3 is 5.97 Å². The second kappa shape index (κ2) is 8.30. The molecule has 0 atom stereocenters. The maximum absolute atomic E-state index is 12.8. The average molecular weight is 434 g/mol. The van der Waals surface area contributed by atoms with Crippen LogP contribution in [-0.4, -0.2) is 24.0 Å². The summed E-state index contributed by atoms with van der Waals surface area (Å²) in [5.41, 5.74) is 2.66. The average Bonchev–Trinajstić information content (AvgIpc) is 3.17. The summed E-state index contributed by atoms with van der Waals surface area (Å²) in [6.45, 7) is 3.75. The van der Waals surface area contributed by atoms with Crippen molar-refractivity contribution in [2.75, 3.05) is 18.0 Å². The Hall–Kier alpha value is -3.35. The second-order valence-corrected chi connectivity index (χ2v) is 8.89. The van der Waals surface area contributed by atoms with Crippen molar-refractivity contribution in [3.8, 4) is 5.75 Å². The normalized spacial score (nSPS) is 16.7. The molecule has 3 aromatic rings. The Labute approximate surface area is 186 Å². The van der Waals surface area contributed by atoms with E-state index in [1.807, 2.05) is 17.0 Å². The van der Waals surface area contributed by atoms with E-state index in [2.05, 4.69) is 6.92 Å². The topological polar surface area (TPSA) is 85.8 Å². The number of esters is 1. The molecule has 1 fully saturated rings. The Balaban J connectivity index is 1.39. The lowest BCUT2D eigenvalue weighted by molar-refractivity contribution is -0.384. The largest absolute Gasteiger partial charge is 0.461 e. The number of piperidine rings is 1. The lowest BCUT2D eigenvalue weighted by Crippen LogP contribution is -2.33. The standard InChI is InChI=1S/C25H26N2O5/c1-16-10-12-26(13-11-16)21-8-6-17(14-22(21)27(29)30)25(28)31-18-7-9-24-20(15-18)19-4-2-3-5-23(19)32-24/h6-9,14-16H,2-5,10-13H2,1H3. The van der Waals surface area contributed by atoms with Crippen LogP contribution >= 0.6 is 0 Å². The molecule has 0 amide bonds. The van der Waals surface area contributed by atoms with Gasteiger partial charge in [-0.2, -0.15) is 0 Å². The number of nitro groups is 1. The molecule has 2 aromatic carbocycles. The molecule has 5 rings (SSSR count). The van der Waals surface area contributed by atoms with Gasteiger partial charge < -0.3 is 14.1 Å². The SMILES string of the molecule is CC1CCN(c2ccc(C(=O)Oc3ccc4oc5c(c4c3)CCCC5)cc2[N+](=O)[O-])CC1. The van der Waals surface area contributed by atoms with Crippen molar-refractivity contribution < 1.29 is 18.9 Å². The second-order valence-electron chi connectivity index (χ2n) is 8.89. The zero-order chi connectivity index (χ0) is 22.2. The molecule has 7 nitrogen and oxygen atoms in total. The summed E-state index contributed by atoms with van der Waals surface area (Å²) in [6, 6.07) is 9.96. The van der Waals surface area contributed by atoms with E-state index in [0.29, 0.717) is 17.4 Å². The van der Waals surface area contributed by atoms with E-state index in [9.17, 15) is 14.9 Å². The van der Waals surface area contributed by atoms with Gasteiger partial charge in [0, 0.05) is 36.5 Å². The highest BCUT2D eigenvalue weighted by Gasteiger charge is 2.25. The molecule has 1 saturated heterocycles. The zero-order valence-corrected chi connectivity index (χ0v) is 18.1. The van der Waals surface area contributed by atoms with Crippen LogP contribution in [0.25, 0.3) is 11.0 Å². The summed E-state index contributed by atoms with van der Waals surface area (Å²) in [6.07, 6.45) is 6.15. The maximum atomic E-state index is 12.8. The molecule has 2 aliphatic rings. The first-order chi connectivity index (χ1) is 15.5. The first-order valence-corrected chi connectivity index (χ1v) is 11.3. The molecule has 0 N–H and O–H groups in total. The number of hydrogen-bond acceptors (Lipinski definition) is 6. The number of nitrogens with zero attached hydrogens (tertiary/aromatic N) is 2. The van der Waals surface area contributed by atoms with Gasteiger partial charge in [0.1, 0.15) is 22.8 Å². The van der Waals surface area contributed by atoms with Crippen LogP contribution in [0.3, 0.4) is 0 Å². The van der Waals surface area contributed by atoms with Crippen LogP contribution in [0.15, 0.2) is 40.8 Å². The predicted molar refractivity (Wildman–Crippen MR) is 122 cm³/mol. The molecule has 32 heavy (non-hydrogen) atoms. The summed E-state index contributed by atoms with van der Waals surface area (Å²) in [5, 5.41) is 12.7. The molecule has 0 radical (unpaired) electrons. The van der Waals surface area contributed by atoms with Crippen molar-refractivity contribution in [1.29, 1.82) is 0 Å². The highest BCUT2D eigenvalue weighted by molar-refractivity contribution is 5.94. The maximum Gasteiger partial charge on any atom is 0.343 e. The first kappa shape index (κ1) is 20.5. The molecule has 1 aliphatic carbocycles. The van der Waals surface area contributed by atoms with E-state index in [4.69, 9.17) is 9.15 Å². The van der Waals surface area contributed by atoms with Crippen LogP contribution in [0, 0.1) is 16.0 Å². The van der Waals surface area contributed by atoms with E-state index in [0.717, 1.165) is 68.3 Å². The van der Waals surface area contributed by atoms with E-state index in [-0.39, 0.29) is 11.3 Å². The number of hydrogen-bond donors (Lipinski definition) is 0. The molecule has 0 spiro atoms. The van der Waals surface area contributed by atoms with Crippen LogP contribution in [0.4, 0.5) is 11.4 Å². The van der Waals surface area contributed by atoms with Gasteiger partial charge in [0.05, 0.1) is 10.5 Å². The highest BCUT2D eigenvalue weighted by atomic mass is 16.6. The van der Waals surface area contributed by atoms with Crippen molar-refractivity contribution in [3.63, 3.8) is 0 Å². The van der Waals surface area contributed by atoms with Gasteiger partial charge in [-0.15, -0.1) is 0 Å². The summed E-state index contributed by atoms with van der Waals surface area (Å²) < 4.78 is 11.5. The molecule has 2 heterocycles. The summed E-state index contributed by atoms with van der Waals surface area (Å²) in [4.78, 5) is 26.1. The Morgan fingerprint density at radius 2 is 1.91 bits per heavy atom. The molecule has 7 heteroatoms. The number of anilines is 1. The van der Waals surface area contributed by atoms with Crippen molar-refractivity contribution in [2.45, 2.75) is 45.4 Å². The molecule has 166 valence electrons. The molecule has 0 bridgehead atoms. The van der Waals surface area contributed by atoms with Crippen molar-refractivity contribution in [1.82, 2.24) is 0 Å². The van der Waals surface area contributed by atoms with Gasteiger partial charge in [-0.1, -0.05) is 6.92 Å². The van der Waals surface area contributed by atoms with Crippen LogP contribution < -0.4 is 9.64 Å². The van der Waals surface area contributed by atoms with E-state index >= 15 is 0 Å². The summed E-state index contributed by atoms with van der Waals surface area (Å²) in [7, 11) is 0. The third-order valence-corrected chi connectivity index (χ3v) is 6.67. The van der Waals surface area contributed by atoms with Gasteiger partial charge in [-0.25, -0.2) is 4.79 Å². The lowest BCUT2D eigenvalue weighted by atomic mass is 9.96. The summed E-state index contributed by atoms with van der Waals surface area (Å²) >= 11 is 0. The minimum atomic E-state index is -0.608. The predicted octanol–water partition coefficient (Wildman–Crippen LogP) is 5.68. The number of rotatable bonds is 4. The Morgan fingerprint density at radius 3 is 2.69 bits per heavy atom. The van der Waals surface area contributed by atoms with Crippen molar-refractivity contribution in [3.05, 3.63) is 63.4 Å². The molecule has 1 aliphatic heterocycles. The lowest BCUT2D eigenvalue weighted by Gasteiger charge is -2.31. The number of carbonyl (C=O) groups is 1. The van der Waals surface area contributed by atoms with Crippen molar-refractivity contribution in [2.24, 2.45) is 5.92 Å². The molecular formula is C25H26N2O5. The van der Waals surface area contributed by atoms with Crippen LogP contribution in [0.5, 0.6) is 5.75 Å². The number of nitro benzene ring substituents is 1. The van der Waals surface area contributed by atoms with Gasteiger partial charge in [-0.05, 0) is 68.4 Å². The number of fused-ring (bicyclic) bond motifs is 3. The van der Waals surface area contributed by atoms with Gasteiger partial charge in [-0.3, -0.25) is 10.1 Å². The van der Waals surface area contributed by atoms with Gasteiger partial charge in [0.25, 0.3) is 5.69 Å². The smallest absolute Gasteiger partial charge is 0.343 e. The Morgan fingerprint density at radius 1 is 1.12 bits per heavy atom. The van der Waals surface area contributed by atoms with Crippen molar-refractivity contribution >= 4 is 28.3 Å². The Kier molecular flexibility index (Phi) is 5.33. The van der Waals surface area contributed by atoms with Gasteiger partial charge in [0.2, 0.25) is 0 Å². The highest BCUT2D eigenvalue weighted by Crippen LogP contribution is 2.35. The molecule has 0 unspecified atom stereocenters.